The van der Waals surface area contributed by atoms with Crippen LogP contribution in [0.1, 0.15) is 6.42 Å². The van der Waals surface area contributed by atoms with Crippen LogP contribution in [0, 0.1) is 0 Å². The lowest BCUT2D eigenvalue weighted by molar-refractivity contribution is 0.223. The van der Waals surface area contributed by atoms with E-state index in [1.807, 2.05) is 24.3 Å². The van der Waals surface area contributed by atoms with Crippen LogP contribution < -0.4 is 10.1 Å². The maximum Gasteiger partial charge on any atom is 0.214 e. The van der Waals surface area contributed by atoms with E-state index in [9.17, 15) is 0 Å². The van der Waals surface area contributed by atoms with Crippen LogP contribution in [0.3, 0.4) is 0 Å². The Bertz CT molecular complexity index is 461. The molecule has 5 heteroatoms. The Morgan fingerprint density at radius 2 is 2.18 bits per heavy atom. The molecule has 1 aromatic carbocycles. The Balaban J connectivity index is 1.71. The van der Waals surface area contributed by atoms with Crippen molar-refractivity contribution >= 4 is 0 Å². The Labute approximate surface area is 98.8 Å². The van der Waals surface area contributed by atoms with Crippen LogP contribution in [0.15, 0.2) is 35.2 Å². The van der Waals surface area contributed by atoms with Crippen LogP contribution in [0.4, 0.5) is 0 Å². The first kappa shape index (κ1) is 10.3. The summed E-state index contributed by atoms with van der Waals surface area (Å²) in [5.74, 6) is 1.48. The highest BCUT2D eigenvalue weighted by Crippen LogP contribution is 2.20. The van der Waals surface area contributed by atoms with E-state index in [2.05, 4.69) is 15.5 Å². The third kappa shape index (κ3) is 2.29. The largest absolute Gasteiger partial charge is 0.489 e. The van der Waals surface area contributed by atoms with Crippen LogP contribution in [0.5, 0.6) is 5.75 Å². The first-order valence-electron chi connectivity index (χ1n) is 5.66. The molecule has 88 valence electrons. The number of rotatable bonds is 3. The van der Waals surface area contributed by atoms with Gasteiger partial charge in [0.15, 0.2) is 0 Å². The normalized spacial score (nSPS) is 19.4. The molecule has 1 fully saturated rings. The van der Waals surface area contributed by atoms with Gasteiger partial charge < -0.3 is 14.6 Å². The summed E-state index contributed by atoms with van der Waals surface area (Å²) >= 11 is 0. The van der Waals surface area contributed by atoms with Crippen LogP contribution in [0.25, 0.3) is 11.4 Å². The number of hydrogen-bond donors (Lipinski definition) is 1. The summed E-state index contributed by atoms with van der Waals surface area (Å²) in [4.78, 5) is 3.99. The molecule has 1 N–H and O–H groups in total. The van der Waals surface area contributed by atoms with E-state index in [-0.39, 0.29) is 6.10 Å². The van der Waals surface area contributed by atoms with Crippen molar-refractivity contribution in [3.05, 3.63) is 30.7 Å². The quantitative estimate of drug-likeness (QED) is 0.867. The molecule has 2 heterocycles. The third-order valence-corrected chi connectivity index (χ3v) is 2.79. The SMILES string of the molecule is c1nc(-c2ccc(OC3CCNC3)cc2)no1. The van der Waals surface area contributed by atoms with Crippen molar-refractivity contribution in [3.8, 4) is 17.1 Å². The van der Waals surface area contributed by atoms with Crippen LogP contribution >= 0.6 is 0 Å². The van der Waals surface area contributed by atoms with E-state index in [0.717, 1.165) is 30.8 Å². The van der Waals surface area contributed by atoms with Gasteiger partial charge in [0.25, 0.3) is 0 Å². The number of aromatic nitrogens is 2. The van der Waals surface area contributed by atoms with Gasteiger partial charge in [0, 0.05) is 12.1 Å². The number of ether oxygens (including phenoxy) is 1. The van der Waals surface area contributed by atoms with Gasteiger partial charge in [0.05, 0.1) is 0 Å². The first-order chi connectivity index (χ1) is 8.42. The van der Waals surface area contributed by atoms with Crippen molar-refractivity contribution in [2.45, 2.75) is 12.5 Å². The van der Waals surface area contributed by atoms with Gasteiger partial charge in [-0.1, -0.05) is 5.16 Å². The highest BCUT2D eigenvalue weighted by molar-refractivity contribution is 5.55. The number of nitrogens with one attached hydrogen (secondary N) is 1. The van der Waals surface area contributed by atoms with Crippen molar-refractivity contribution < 1.29 is 9.26 Å². The lowest BCUT2D eigenvalue weighted by Crippen LogP contribution is -2.19. The Hall–Kier alpha value is -1.88. The topological polar surface area (TPSA) is 60.2 Å². The standard InChI is InChI=1S/C12H13N3O2/c1-3-10(17-11-5-6-13-7-11)4-2-9(1)12-14-8-16-15-12/h1-4,8,11,13H,5-7H2. The van der Waals surface area contributed by atoms with Crippen molar-refractivity contribution in [2.24, 2.45) is 0 Å². The minimum Gasteiger partial charge on any atom is -0.489 e. The van der Waals surface area contributed by atoms with Crippen molar-refractivity contribution in [1.29, 1.82) is 0 Å². The lowest BCUT2D eigenvalue weighted by Gasteiger charge is -2.12. The molecule has 0 aliphatic carbocycles. The van der Waals surface area contributed by atoms with Gasteiger partial charge in [-0.2, -0.15) is 4.98 Å². The predicted molar refractivity (Wildman–Crippen MR) is 61.6 cm³/mol. The van der Waals surface area contributed by atoms with E-state index in [1.54, 1.807) is 0 Å². The van der Waals surface area contributed by atoms with Gasteiger partial charge in [0.1, 0.15) is 11.9 Å². The van der Waals surface area contributed by atoms with E-state index < -0.39 is 0 Å². The molecule has 1 atom stereocenters. The van der Waals surface area contributed by atoms with Gasteiger partial charge >= 0.3 is 0 Å². The molecule has 17 heavy (non-hydrogen) atoms. The molecule has 0 spiro atoms. The zero-order valence-electron chi connectivity index (χ0n) is 9.30. The smallest absolute Gasteiger partial charge is 0.214 e. The van der Waals surface area contributed by atoms with E-state index >= 15 is 0 Å². The molecule has 2 aromatic rings. The second-order valence-electron chi connectivity index (χ2n) is 4.01. The fraction of sp³-hybridized carbons (Fsp3) is 0.333. The zero-order chi connectivity index (χ0) is 11.5. The van der Waals surface area contributed by atoms with Crippen LogP contribution in [-0.2, 0) is 0 Å². The first-order valence-corrected chi connectivity index (χ1v) is 5.66. The molecular weight excluding hydrogens is 218 g/mol. The highest BCUT2D eigenvalue weighted by Gasteiger charge is 2.15. The number of nitrogens with zero attached hydrogens (tertiary/aromatic N) is 2. The summed E-state index contributed by atoms with van der Waals surface area (Å²) in [5.41, 5.74) is 0.927. The second-order valence-corrected chi connectivity index (χ2v) is 4.01. The molecule has 0 radical (unpaired) electrons. The van der Waals surface area contributed by atoms with E-state index in [1.165, 1.54) is 6.39 Å². The summed E-state index contributed by atoms with van der Waals surface area (Å²) in [6.07, 6.45) is 2.67. The summed E-state index contributed by atoms with van der Waals surface area (Å²) in [5, 5.41) is 7.05. The predicted octanol–water partition coefficient (Wildman–Crippen LogP) is 1.48. The Morgan fingerprint density at radius 1 is 1.29 bits per heavy atom. The highest BCUT2D eigenvalue weighted by atomic mass is 16.5. The minimum absolute atomic E-state index is 0.283. The van der Waals surface area contributed by atoms with Crippen molar-refractivity contribution in [2.75, 3.05) is 13.1 Å². The minimum atomic E-state index is 0.283. The average molecular weight is 231 g/mol. The Morgan fingerprint density at radius 3 is 2.82 bits per heavy atom. The molecule has 5 nitrogen and oxygen atoms in total. The summed E-state index contributed by atoms with van der Waals surface area (Å²) in [7, 11) is 0. The summed E-state index contributed by atoms with van der Waals surface area (Å²) < 4.78 is 10.5. The van der Waals surface area contributed by atoms with Gasteiger partial charge in [-0.3, -0.25) is 0 Å². The second kappa shape index (κ2) is 4.55. The molecule has 1 saturated heterocycles. The van der Waals surface area contributed by atoms with Gasteiger partial charge in [0.2, 0.25) is 12.2 Å². The van der Waals surface area contributed by atoms with Crippen molar-refractivity contribution in [1.82, 2.24) is 15.5 Å². The van der Waals surface area contributed by atoms with Gasteiger partial charge in [-0.05, 0) is 37.2 Å². The molecule has 0 saturated carbocycles. The number of hydrogen-bond acceptors (Lipinski definition) is 5. The average Bonchev–Trinajstić information content (AvgIpc) is 3.01. The number of benzene rings is 1. The maximum atomic E-state index is 5.82. The van der Waals surface area contributed by atoms with Crippen LogP contribution in [-0.4, -0.2) is 29.3 Å². The third-order valence-electron chi connectivity index (χ3n) is 2.79. The summed E-state index contributed by atoms with van der Waals surface area (Å²) in [6.45, 7) is 1.96. The molecule has 1 aromatic heterocycles. The van der Waals surface area contributed by atoms with E-state index in [4.69, 9.17) is 9.26 Å². The molecule has 1 aliphatic rings. The molecule has 0 bridgehead atoms. The maximum absolute atomic E-state index is 5.82. The molecule has 0 amide bonds. The lowest BCUT2D eigenvalue weighted by atomic mass is 10.2. The van der Waals surface area contributed by atoms with Gasteiger partial charge in [-0.15, -0.1) is 0 Å². The fourth-order valence-corrected chi connectivity index (χ4v) is 1.90. The molecule has 3 rings (SSSR count). The van der Waals surface area contributed by atoms with Gasteiger partial charge in [-0.25, -0.2) is 0 Å². The molecule has 1 unspecified atom stereocenters. The molecule has 1 aliphatic heterocycles. The Kier molecular flexibility index (Phi) is 2.75. The fourth-order valence-electron chi connectivity index (χ4n) is 1.90. The van der Waals surface area contributed by atoms with E-state index in [0.29, 0.717) is 5.82 Å². The molecular formula is C12H13N3O2. The van der Waals surface area contributed by atoms with Crippen LogP contribution in [0.2, 0.25) is 0 Å². The van der Waals surface area contributed by atoms with Crippen molar-refractivity contribution in [3.63, 3.8) is 0 Å². The zero-order valence-corrected chi connectivity index (χ0v) is 9.30. The monoisotopic (exact) mass is 231 g/mol. The summed E-state index contributed by atoms with van der Waals surface area (Å²) in [6, 6.07) is 7.74.